The fourth-order valence-corrected chi connectivity index (χ4v) is 5.98. The zero-order valence-electron chi connectivity index (χ0n) is 22.6. The van der Waals surface area contributed by atoms with E-state index in [4.69, 9.17) is 16.3 Å². The number of hydrogen-bond donors (Lipinski definition) is 0. The number of anilines is 2. The number of fused-ring (bicyclic) bond motifs is 1. The first-order chi connectivity index (χ1) is 20.2. The normalized spacial score (nSPS) is 20.7. The first-order valence-corrected chi connectivity index (χ1v) is 14.3. The van der Waals surface area contributed by atoms with Gasteiger partial charge in [0.2, 0.25) is 11.9 Å². The van der Waals surface area contributed by atoms with Gasteiger partial charge in [0.1, 0.15) is 17.4 Å². The summed E-state index contributed by atoms with van der Waals surface area (Å²) < 4.78 is 61.5. The van der Waals surface area contributed by atoms with Crippen LogP contribution in [0.3, 0.4) is 0 Å². The Morgan fingerprint density at radius 1 is 1.07 bits per heavy atom. The fourth-order valence-electron chi connectivity index (χ4n) is 5.88. The van der Waals surface area contributed by atoms with Crippen LogP contribution in [0.5, 0.6) is 5.75 Å². The Balaban J connectivity index is 0.953. The van der Waals surface area contributed by atoms with Crippen LogP contribution in [0.4, 0.5) is 29.3 Å². The van der Waals surface area contributed by atoms with Crippen molar-refractivity contribution in [1.82, 2.24) is 19.7 Å². The molecule has 0 spiro atoms. The van der Waals surface area contributed by atoms with Crippen molar-refractivity contribution in [2.75, 3.05) is 36.0 Å². The van der Waals surface area contributed by atoms with Crippen molar-refractivity contribution in [1.29, 1.82) is 0 Å². The van der Waals surface area contributed by atoms with E-state index in [0.717, 1.165) is 37.0 Å². The van der Waals surface area contributed by atoms with Gasteiger partial charge in [0.05, 0.1) is 36.6 Å². The molecule has 1 aromatic carbocycles. The third-order valence-electron chi connectivity index (χ3n) is 8.16. The van der Waals surface area contributed by atoms with Crippen LogP contribution < -0.4 is 14.5 Å². The van der Waals surface area contributed by atoms with Gasteiger partial charge in [-0.05, 0) is 43.2 Å². The van der Waals surface area contributed by atoms with E-state index in [-0.39, 0.29) is 30.8 Å². The number of amides is 1. The van der Waals surface area contributed by atoms with Gasteiger partial charge in [-0.2, -0.15) is 18.3 Å². The molecular formula is C29H29ClF4N6O2. The lowest BCUT2D eigenvalue weighted by Crippen LogP contribution is -2.43. The van der Waals surface area contributed by atoms with E-state index in [2.05, 4.69) is 26.0 Å². The Kier molecular flexibility index (Phi) is 7.82. The monoisotopic (exact) mass is 604 g/mol. The van der Waals surface area contributed by atoms with Gasteiger partial charge >= 0.3 is 6.18 Å². The molecule has 8 nitrogen and oxygen atoms in total. The number of alkyl halides is 3. The maximum absolute atomic E-state index is 14.9. The van der Waals surface area contributed by atoms with E-state index < -0.39 is 23.9 Å². The maximum Gasteiger partial charge on any atom is 0.410 e. The molecule has 1 fully saturated rings. The van der Waals surface area contributed by atoms with E-state index in [1.807, 2.05) is 0 Å². The number of rotatable bonds is 8. The molecule has 0 radical (unpaired) electrons. The number of piperidine rings is 1. The number of aromatic nitrogens is 4. The van der Waals surface area contributed by atoms with Crippen molar-refractivity contribution in [2.24, 2.45) is 11.8 Å². The minimum Gasteiger partial charge on any atom is -0.493 e. The minimum atomic E-state index is -4.47. The molecule has 1 aliphatic carbocycles. The minimum absolute atomic E-state index is 0.0584. The first-order valence-electron chi connectivity index (χ1n) is 13.9. The Bertz CT molecular complexity index is 1470. The zero-order chi connectivity index (χ0) is 29.4. The summed E-state index contributed by atoms with van der Waals surface area (Å²) in [7, 11) is 0. The largest absolute Gasteiger partial charge is 0.493 e. The number of nitrogens with zero attached hydrogens (tertiary/aromatic N) is 6. The number of hydrogen-bond acceptors (Lipinski definition) is 6. The average Bonchev–Trinajstić information content (AvgIpc) is 3.57. The number of carbonyl (C=O) groups excluding carboxylic acids is 1. The number of carbonyl (C=O) groups is 1. The fraction of sp³-hybridized carbons (Fsp3) is 0.448. The lowest BCUT2D eigenvalue weighted by molar-refractivity contribution is -0.172. The third kappa shape index (κ3) is 6.08. The van der Waals surface area contributed by atoms with Crippen LogP contribution in [-0.4, -0.2) is 58.1 Å². The summed E-state index contributed by atoms with van der Waals surface area (Å²) >= 11 is 5.88. The van der Waals surface area contributed by atoms with E-state index in [1.54, 1.807) is 18.5 Å². The summed E-state index contributed by atoms with van der Waals surface area (Å²) in [6.45, 7) is 2.08. The lowest BCUT2D eigenvalue weighted by Gasteiger charge is -2.34. The summed E-state index contributed by atoms with van der Waals surface area (Å²) in [5, 5.41) is 4.28. The smallest absolute Gasteiger partial charge is 0.410 e. The molecule has 0 N–H and O–H groups in total. The van der Waals surface area contributed by atoms with Crippen LogP contribution in [0, 0.1) is 17.7 Å². The van der Waals surface area contributed by atoms with Crippen molar-refractivity contribution in [3.05, 3.63) is 70.9 Å². The second kappa shape index (κ2) is 11.5. The van der Waals surface area contributed by atoms with Crippen LogP contribution in [-0.2, 0) is 11.2 Å². The number of ether oxygens (including phenoxy) is 1. The Morgan fingerprint density at radius 2 is 1.83 bits per heavy atom. The molecule has 42 heavy (non-hydrogen) atoms. The maximum atomic E-state index is 14.9. The van der Waals surface area contributed by atoms with Gasteiger partial charge in [0, 0.05) is 37.7 Å². The lowest BCUT2D eigenvalue weighted by atomic mass is 9.92. The van der Waals surface area contributed by atoms with Crippen LogP contribution in [0.25, 0.3) is 0 Å². The topological polar surface area (TPSA) is 76.4 Å². The van der Waals surface area contributed by atoms with E-state index >= 15 is 0 Å². The predicted molar refractivity (Wildman–Crippen MR) is 148 cm³/mol. The Morgan fingerprint density at radius 3 is 2.55 bits per heavy atom. The summed E-state index contributed by atoms with van der Waals surface area (Å²) in [6.07, 6.45) is 4.53. The first kappa shape index (κ1) is 28.4. The summed E-state index contributed by atoms with van der Waals surface area (Å²) in [5.74, 6) is 0.961. The molecule has 1 saturated heterocycles. The summed E-state index contributed by atoms with van der Waals surface area (Å²) in [4.78, 5) is 24.9. The molecule has 0 bridgehead atoms. The summed E-state index contributed by atoms with van der Waals surface area (Å²) in [5.41, 5.74) is 1.61. The molecule has 0 saturated carbocycles. The molecular weight excluding hydrogens is 576 g/mol. The van der Waals surface area contributed by atoms with Gasteiger partial charge in [-0.3, -0.25) is 9.69 Å². The van der Waals surface area contributed by atoms with Gasteiger partial charge in [-0.15, -0.1) is 0 Å². The summed E-state index contributed by atoms with van der Waals surface area (Å²) in [6, 6.07) is 3.93. The highest BCUT2D eigenvalue weighted by Gasteiger charge is 2.45. The van der Waals surface area contributed by atoms with Crippen LogP contribution >= 0.6 is 11.6 Å². The van der Waals surface area contributed by atoms with Crippen molar-refractivity contribution < 1.29 is 27.1 Å². The third-order valence-corrected chi connectivity index (χ3v) is 8.35. The van der Waals surface area contributed by atoms with E-state index in [9.17, 15) is 22.4 Å². The number of allylic oxidation sites excluding steroid dienone is 2. The highest BCUT2D eigenvalue weighted by atomic mass is 35.5. The molecule has 2 aliphatic heterocycles. The van der Waals surface area contributed by atoms with Crippen molar-refractivity contribution in [2.45, 2.75) is 44.3 Å². The molecule has 6 rings (SSSR count). The van der Waals surface area contributed by atoms with Crippen LogP contribution in [0.1, 0.15) is 37.3 Å². The molecule has 4 heterocycles. The van der Waals surface area contributed by atoms with Gasteiger partial charge in [0.15, 0.2) is 6.04 Å². The van der Waals surface area contributed by atoms with Crippen molar-refractivity contribution in [3.8, 4) is 5.75 Å². The molecule has 3 aliphatic rings. The Labute approximate surface area is 244 Å². The van der Waals surface area contributed by atoms with Crippen LogP contribution in [0.15, 0.2) is 54.5 Å². The average molecular weight is 605 g/mol. The highest BCUT2D eigenvalue weighted by Crippen LogP contribution is 2.43. The molecule has 2 aromatic heterocycles. The van der Waals surface area contributed by atoms with E-state index in [0.29, 0.717) is 35.2 Å². The van der Waals surface area contributed by atoms with Gasteiger partial charge in [0.25, 0.3) is 0 Å². The molecule has 3 aromatic rings. The molecule has 1 unspecified atom stereocenters. The standard InChI is InChI=1S/C29H29ClF4N6O2/c30-21-16-35-28(36-17-21)38-9-4-18(5-10-38)23-13-19(23)7-12-42-22-2-1-20(24(31)15-22)14-27(41)39-11-6-25(29(32,33)34)40-26(39)3-8-37-40/h1-3,8,13,15-19,25H,4-7,9-12,14H2/t19-,25?/m1/s1. The quantitative estimate of drug-likeness (QED) is 0.239. The number of benzene rings is 1. The zero-order valence-corrected chi connectivity index (χ0v) is 23.4. The van der Waals surface area contributed by atoms with Gasteiger partial charge in [-0.1, -0.05) is 29.3 Å². The van der Waals surface area contributed by atoms with Gasteiger partial charge < -0.3 is 9.64 Å². The van der Waals surface area contributed by atoms with Crippen molar-refractivity contribution in [3.63, 3.8) is 0 Å². The van der Waals surface area contributed by atoms with Gasteiger partial charge in [-0.25, -0.2) is 19.0 Å². The Hall–Kier alpha value is -3.67. The van der Waals surface area contributed by atoms with Crippen LogP contribution in [0.2, 0.25) is 5.02 Å². The molecule has 222 valence electrons. The highest BCUT2D eigenvalue weighted by molar-refractivity contribution is 6.30. The SMILES string of the molecule is O=C(Cc1ccc(OCC[C@@H]2C=C2C2CCN(c3ncc(Cl)cn3)CC2)cc1F)N1CCC(C(F)(F)F)n2nccc21. The van der Waals surface area contributed by atoms with Crippen molar-refractivity contribution >= 4 is 29.3 Å². The second-order valence-electron chi connectivity index (χ2n) is 10.8. The molecule has 13 heteroatoms. The predicted octanol–water partition coefficient (Wildman–Crippen LogP) is 5.79. The molecule has 1 amide bonds. The number of halogens is 5. The van der Waals surface area contributed by atoms with E-state index in [1.165, 1.54) is 34.9 Å². The second-order valence-corrected chi connectivity index (χ2v) is 11.3. The molecule has 2 atom stereocenters.